The standard InChI is InChI=1S/C36H45ClN2O7S/c1-44-33-8-2-7-31(40)28-12-9-25(28)20-39-21-36(15-3-5-23-17-26(37)11-13-29(23)36)22-46-32-14-10-24(18-30(32)39)35(41)38-47(42,43)34(33)19-27-6-4-16-45-27/h2,7,10-11,13-14,17-18,25,27-28,31,33-34,40H,3-6,8-9,12,15-16,19-22H2,1H3,(H,38,41)/b7-2-/t25-,27+,28+,31-,33-,34+,36-/m0/s1. The Morgan fingerprint density at radius 2 is 2.02 bits per heavy atom. The van der Waals surface area contributed by atoms with E-state index in [-0.39, 0.29) is 41.8 Å². The van der Waals surface area contributed by atoms with Crippen LogP contribution in [0.5, 0.6) is 5.75 Å². The predicted octanol–water partition coefficient (Wildman–Crippen LogP) is 5.17. The summed E-state index contributed by atoms with van der Waals surface area (Å²) in [5.41, 5.74) is 3.21. The van der Waals surface area contributed by atoms with Gasteiger partial charge in [-0.3, -0.25) is 4.79 Å². The third-order valence-corrected chi connectivity index (χ3v) is 13.2. The van der Waals surface area contributed by atoms with Crippen LogP contribution in [0.2, 0.25) is 5.02 Å². The van der Waals surface area contributed by atoms with E-state index < -0.39 is 33.4 Å². The molecule has 0 aromatic heterocycles. The van der Waals surface area contributed by atoms with Crippen molar-refractivity contribution in [2.75, 3.05) is 38.3 Å². The highest BCUT2D eigenvalue weighted by molar-refractivity contribution is 7.90. The monoisotopic (exact) mass is 684 g/mol. The second kappa shape index (κ2) is 13.3. The molecule has 2 bridgehead atoms. The van der Waals surface area contributed by atoms with Gasteiger partial charge < -0.3 is 24.2 Å². The van der Waals surface area contributed by atoms with Gasteiger partial charge in [0.05, 0.1) is 30.6 Å². The van der Waals surface area contributed by atoms with Crippen molar-refractivity contribution in [2.45, 2.75) is 86.8 Å². The van der Waals surface area contributed by atoms with Crippen molar-refractivity contribution in [1.82, 2.24) is 4.72 Å². The van der Waals surface area contributed by atoms with Crippen molar-refractivity contribution < 1.29 is 32.5 Å². The van der Waals surface area contributed by atoms with Gasteiger partial charge in [-0.05, 0) is 111 Å². The van der Waals surface area contributed by atoms with E-state index in [1.807, 2.05) is 12.1 Å². The molecule has 1 amide bonds. The van der Waals surface area contributed by atoms with Crippen molar-refractivity contribution in [3.63, 3.8) is 0 Å². The molecule has 2 N–H and O–H groups in total. The van der Waals surface area contributed by atoms with Crippen LogP contribution in [0, 0.1) is 11.8 Å². The maximum atomic E-state index is 13.9. The molecule has 9 nitrogen and oxygen atoms in total. The predicted molar refractivity (Wildman–Crippen MR) is 181 cm³/mol. The van der Waals surface area contributed by atoms with Crippen molar-refractivity contribution >= 4 is 33.2 Å². The number of hydrogen-bond acceptors (Lipinski definition) is 8. The number of halogens is 1. The highest BCUT2D eigenvalue weighted by Gasteiger charge is 2.45. The quantitative estimate of drug-likeness (QED) is 0.426. The molecule has 7 atom stereocenters. The average Bonchev–Trinajstić information content (AvgIpc) is 3.50. The summed E-state index contributed by atoms with van der Waals surface area (Å²) in [4.78, 5) is 16.1. The van der Waals surface area contributed by atoms with Crippen LogP contribution in [0.1, 0.15) is 72.9 Å². The number of aryl methyl sites for hydroxylation is 1. The maximum Gasteiger partial charge on any atom is 0.264 e. The van der Waals surface area contributed by atoms with Crippen LogP contribution in [-0.4, -0.2) is 76.4 Å². The number of methoxy groups -OCH3 is 1. The molecule has 1 saturated carbocycles. The summed E-state index contributed by atoms with van der Waals surface area (Å²) >= 11 is 6.41. The van der Waals surface area contributed by atoms with Gasteiger partial charge in [-0.25, -0.2) is 13.1 Å². The van der Waals surface area contributed by atoms with E-state index in [2.05, 4.69) is 21.8 Å². The topological polar surface area (TPSA) is 114 Å². The van der Waals surface area contributed by atoms with Crippen molar-refractivity contribution in [1.29, 1.82) is 0 Å². The number of carbonyl (C=O) groups excluding carboxylic acids is 1. The first-order chi connectivity index (χ1) is 22.7. The molecule has 5 aliphatic rings. The van der Waals surface area contributed by atoms with Crippen molar-refractivity contribution in [3.05, 3.63) is 70.3 Å². The van der Waals surface area contributed by atoms with Gasteiger partial charge >= 0.3 is 0 Å². The fourth-order valence-corrected chi connectivity index (χ4v) is 10.3. The Morgan fingerprint density at radius 3 is 2.79 bits per heavy atom. The normalized spacial score (nSPS) is 34.3. The van der Waals surface area contributed by atoms with E-state index in [0.717, 1.165) is 55.7 Å². The van der Waals surface area contributed by atoms with Crippen LogP contribution < -0.4 is 14.4 Å². The lowest BCUT2D eigenvalue weighted by Gasteiger charge is -2.45. The van der Waals surface area contributed by atoms with Gasteiger partial charge in [-0.2, -0.15) is 0 Å². The number of anilines is 1. The molecule has 7 rings (SSSR count). The molecule has 254 valence electrons. The second-order valence-corrected chi connectivity index (χ2v) is 16.4. The summed E-state index contributed by atoms with van der Waals surface area (Å²) in [5.74, 6) is 0.285. The van der Waals surface area contributed by atoms with Crippen molar-refractivity contribution in [3.8, 4) is 5.75 Å². The van der Waals surface area contributed by atoms with Gasteiger partial charge in [0.1, 0.15) is 11.0 Å². The molecule has 3 heterocycles. The van der Waals surface area contributed by atoms with Gasteiger partial charge in [0, 0.05) is 42.8 Å². The number of nitrogens with one attached hydrogen (secondary N) is 1. The summed E-state index contributed by atoms with van der Waals surface area (Å²) in [7, 11) is -2.69. The van der Waals surface area contributed by atoms with Gasteiger partial charge in [0.25, 0.3) is 5.91 Å². The Bertz CT molecular complexity index is 1630. The first-order valence-electron chi connectivity index (χ1n) is 17.0. The molecular weight excluding hydrogens is 640 g/mol. The number of sulfonamides is 1. The minimum absolute atomic E-state index is 0.0686. The SMILES string of the molecule is CO[C@H]1C/C=C\[C@H](O)[C@@H]2CC[C@H]2CN2C[C@@]3(CCCc4cc(Cl)ccc43)COc3ccc(cc32)C(=O)NS(=O)(=O)[C@@H]1C[C@H]1CCCO1. The second-order valence-electron chi connectivity index (χ2n) is 14.1. The minimum atomic E-state index is -4.18. The molecule has 0 radical (unpaired) electrons. The third kappa shape index (κ3) is 6.56. The van der Waals surface area contributed by atoms with E-state index in [9.17, 15) is 18.3 Å². The third-order valence-electron chi connectivity index (χ3n) is 11.2. The smallest absolute Gasteiger partial charge is 0.264 e. The number of hydrogen-bond donors (Lipinski definition) is 2. The van der Waals surface area contributed by atoms with Crippen LogP contribution in [0.15, 0.2) is 48.6 Å². The van der Waals surface area contributed by atoms with Crippen LogP contribution in [0.3, 0.4) is 0 Å². The first kappa shape index (κ1) is 32.9. The molecule has 2 aromatic carbocycles. The van der Waals surface area contributed by atoms with Crippen LogP contribution in [0.4, 0.5) is 5.69 Å². The zero-order valence-corrected chi connectivity index (χ0v) is 28.5. The Labute approximate surface area is 282 Å². The summed E-state index contributed by atoms with van der Waals surface area (Å²) in [6.45, 7) is 2.43. The zero-order valence-electron chi connectivity index (χ0n) is 26.9. The molecule has 1 spiro atoms. The van der Waals surface area contributed by atoms with Crippen LogP contribution in [-0.2, 0) is 31.3 Å². The number of aliphatic hydroxyl groups is 1. The summed E-state index contributed by atoms with van der Waals surface area (Å²) < 4.78 is 48.4. The number of aliphatic hydroxyl groups excluding tert-OH is 1. The molecule has 1 saturated heterocycles. The molecule has 2 aliphatic carbocycles. The van der Waals surface area contributed by atoms with Crippen molar-refractivity contribution in [2.24, 2.45) is 11.8 Å². The summed E-state index contributed by atoms with van der Waals surface area (Å²) in [6.07, 6.45) is 8.95. The Kier molecular flexibility index (Phi) is 9.34. The number of nitrogens with zero attached hydrogens (tertiary/aromatic N) is 1. The largest absolute Gasteiger partial charge is 0.490 e. The fraction of sp³-hybridized carbons (Fsp3) is 0.583. The highest BCUT2D eigenvalue weighted by atomic mass is 35.5. The van der Waals surface area contributed by atoms with Gasteiger partial charge in [0.2, 0.25) is 10.0 Å². The number of amides is 1. The van der Waals surface area contributed by atoms with Gasteiger partial charge in [-0.1, -0.05) is 29.8 Å². The van der Waals surface area contributed by atoms with Crippen LogP contribution in [0.25, 0.3) is 0 Å². The van der Waals surface area contributed by atoms with E-state index in [1.54, 1.807) is 24.3 Å². The minimum Gasteiger partial charge on any atom is -0.490 e. The maximum absolute atomic E-state index is 13.9. The number of fused-ring (bicyclic) bond motifs is 4. The Hall–Kier alpha value is -2.63. The number of ether oxygens (including phenoxy) is 3. The Balaban J connectivity index is 1.27. The number of benzene rings is 2. The summed E-state index contributed by atoms with van der Waals surface area (Å²) in [6, 6.07) is 11.3. The average molecular weight is 685 g/mol. The Morgan fingerprint density at radius 1 is 1.15 bits per heavy atom. The number of carbonyl (C=O) groups is 1. The molecule has 0 unspecified atom stereocenters. The molecule has 3 aliphatic heterocycles. The fourth-order valence-electron chi connectivity index (χ4n) is 8.54. The molecule has 2 aromatic rings. The molecule has 47 heavy (non-hydrogen) atoms. The highest BCUT2D eigenvalue weighted by Crippen LogP contribution is 2.47. The lowest BCUT2D eigenvalue weighted by molar-refractivity contribution is 0.0447. The van der Waals surface area contributed by atoms with E-state index in [1.165, 1.54) is 18.2 Å². The van der Waals surface area contributed by atoms with Gasteiger partial charge in [-0.15, -0.1) is 0 Å². The lowest BCUT2D eigenvalue weighted by Crippen LogP contribution is -2.49. The van der Waals surface area contributed by atoms with Crippen LogP contribution >= 0.6 is 11.6 Å². The lowest BCUT2D eigenvalue weighted by atomic mass is 9.68. The number of rotatable bonds is 3. The molecular formula is C36H45ClN2O7S. The summed E-state index contributed by atoms with van der Waals surface area (Å²) in [5, 5.41) is 11.0. The molecule has 2 fully saturated rings. The first-order valence-corrected chi connectivity index (χ1v) is 18.9. The van der Waals surface area contributed by atoms with Gasteiger partial charge in [0.15, 0.2) is 0 Å². The van der Waals surface area contributed by atoms with E-state index >= 15 is 0 Å². The van der Waals surface area contributed by atoms with E-state index in [0.29, 0.717) is 32.1 Å². The molecule has 11 heteroatoms. The zero-order chi connectivity index (χ0) is 32.8. The van der Waals surface area contributed by atoms with E-state index in [4.69, 9.17) is 25.8 Å².